The predicted molar refractivity (Wildman–Crippen MR) is 103 cm³/mol. The minimum absolute atomic E-state index is 0.110. The fraction of sp³-hybridized carbons (Fsp3) is 0.150. The summed E-state index contributed by atoms with van der Waals surface area (Å²) in [6, 6.07) is 15.6. The van der Waals surface area contributed by atoms with Crippen molar-refractivity contribution < 1.29 is 4.74 Å². The molecule has 0 saturated heterocycles. The smallest absolute Gasteiger partial charge is 0.0946 e. The van der Waals surface area contributed by atoms with Gasteiger partial charge in [-0.05, 0) is 23.3 Å². The Morgan fingerprint density at radius 3 is 2.68 bits per heavy atom. The fourth-order valence-electron chi connectivity index (χ4n) is 2.39. The molecule has 0 aliphatic heterocycles. The van der Waals surface area contributed by atoms with Crippen molar-refractivity contribution in [3.63, 3.8) is 0 Å². The largest absolute Gasteiger partial charge is 0.368 e. The Balaban J connectivity index is 1.70. The average Bonchev–Trinajstić information content (AvgIpc) is 3.12. The molecule has 0 aliphatic carbocycles. The van der Waals surface area contributed by atoms with Crippen molar-refractivity contribution in [2.24, 2.45) is 0 Å². The van der Waals surface area contributed by atoms with Crippen molar-refractivity contribution in [2.45, 2.75) is 19.3 Å². The third kappa shape index (κ3) is 5.46. The van der Waals surface area contributed by atoms with Crippen LogP contribution in [-0.4, -0.2) is 15.7 Å². The molecule has 3 aromatic rings. The van der Waals surface area contributed by atoms with Crippen molar-refractivity contribution in [1.82, 2.24) is 9.55 Å². The summed E-state index contributed by atoms with van der Waals surface area (Å²) in [5.41, 5.74) is 2.04. The van der Waals surface area contributed by atoms with E-state index in [1.165, 1.54) is 0 Å². The molecule has 25 heavy (non-hydrogen) atoms. The van der Waals surface area contributed by atoms with Gasteiger partial charge in [-0.1, -0.05) is 71.8 Å². The Labute approximate surface area is 157 Å². The van der Waals surface area contributed by atoms with Crippen LogP contribution in [0.3, 0.4) is 0 Å². The van der Waals surface area contributed by atoms with Crippen LogP contribution < -0.4 is 0 Å². The Morgan fingerprint density at radius 2 is 1.96 bits per heavy atom. The number of hydrogen-bond donors (Lipinski definition) is 0. The summed E-state index contributed by atoms with van der Waals surface area (Å²) in [7, 11) is 0. The van der Waals surface area contributed by atoms with Crippen molar-refractivity contribution in [2.75, 3.05) is 0 Å². The molecular formula is C20H18Cl2N2O. The van der Waals surface area contributed by atoms with E-state index in [1.54, 1.807) is 18.6 Å². The van der Waals surface area contributed by atoms with Gasteiger partial charge in [0.25, 0.3) is 0 Å². The van der Waals surface area contributed by atoms with Crippen LogP contribution in [0.1, 0.15) is 11.1 Å². The minimum atomic E-state index is -0.110. The van der Waals surface area contributed by atoms with Crippen LogP contribution in [0, 0.1) is 0 Å². The first kappa shape index (κ1) is 17.7. The van der Waals surface area contributed by atoms with E-state index in [9.17, 15) is 0 Å². The number of hydrogen-bond acceptors (Lipinski definition) is 2. The summed E-state index contributed by atoms with van der Waals surface area (Å²) in [4.78, 5) is 4.08. The summed E-state index contributed by atoms with van der Waals surface area (Å²) in [5.74, 6) is 0. The molecule has 0 bridgehead atoms. The Bertz CT molecular complexity index is 817. The van der Waals surface area contributed by atoms with Gasteiger partial charge in [-0.3, -0.25) is 0 Å². The second-order valence-electron chi connectivity index (χ2n) is 5.61. The molecule has 0 fully saturated rings. The number of halogens is 2. The Morgan fingerprint density at radius 1 is 1.12 bits per heavy atom. The van der Waals surface area contributed by atoms with Crippen molar-refractivity contribution in [1.29, 1.82) is 0 Å². The van der Waals surface area contributed by atoms with E-state index in [1.807, 2.05) is 41.1 Å². The van der Waals surface area contributed by atoms with Crippen molar-refractivity contribution >= 4 is 29.3 Å². The maximum Gasteiger partial charge on any atom is 0.0946 e. The van der Waals surface area contributed by atoms with Gasteiger partial charge in [0, 0.05) is 22.4 Å². The third-order valence-corrected chi connectivity index (χ3v) is 4.31. The highest BCUT2D eigenvalue weighted by Gasteiger charge is 2.09. The molecule has 1 unspecified atom stereocenters. The van der Waals surface area contributed by atoms with E-state index < -0.39 is 0 Å². The molecule has 0 radical (unpaired) electrons. The van der Waals surface area contributed by atoms with Gasteiger partial charge >= 0.3 is 0 Å². The van der Waals surface area contributed by atoms with E-state index >= 15 is 0 Å². The summed E-state index contributed by atoms with van der Waals surface area (Å²) in [5, 5.41) is 1.23. The van der Waals surface area contributed by atoms with E-state index in [4.69, 9.17) is 27.9 Å². The molecule has 0 saturated carbocycles. The second-order valence-corrected chi connectivity index (χ2v) is 6.46. The summed E-state index contributed by atoms with van der Waals surface area (Å²) >= 11 is 12.2. The lowest BCUT2D eigenvalue weighted by molar-refractivity contribution is 0.0613. The zero-order valence-electron chi connectivity index (χ0n) is 13.6. The second kappa shape index (κ2) is 8.86. The lowest BCUT2D eigenvalue weighted by atomic mass is 10.2. The zero-order chi connectivity index (χ0) is 17.5. The zero-order valence-corrected chi connectivity index (χ0v) is 15.1. The summed E-state index contributed by atoms with van der Waals surface area (Å²) in [6.07, 6.45) is 9.46. The molecule has 2 aromatic carbocycles. The molecule has 0 aliphatic rings. The van der Waals surface area contributed by atoms with Gasteiger partial charge < -0.3 is 9.30 Å². The van der Waals surface area contributed by atoms with Crippen molar-refractivity contribution in [3.8, 4) is 0 Å². The van der Waals surface area contributed by atoms with E-state index in [-0.39, 0.29) is 6.10 Å². The van der Waals surface area contributed by atoms with Crippen LogP contribution in [0.25, 0.3) is 6.08 Å². The molecule has 1 heterocycles. The van der Waals surface area contributed by atoms with Crippen LogP contribution in [0.15, 0.2) is 73.3 Å². The van der Waals surface area contributed by atoms with Crippen LogP contribution in [0.4, 0.5) is 0 Å². The highest BCUT2D eigenvalue weighted by Crippen LogP contribution is 2.22. The molecule has 0 N–H and O–H groups in total. The first-order valence-corrected chi connectivity index (χ1v) is 8.71. The predicted octanol–water partition coefficient (Wildman–Crippen LogP) is 5.49. The quantitative estimate of drug-likeness (QED) is 0.548. The molecule has 3 rings (SSSR count). The van der Waals surface area contributed by atoms with Gasteiger partial charge in [-0.15, -0.1) is 0 Å². The molecule has 5 heteroatoms. The Hall–Kier alpha value is -2.07. The van der Waals surface area contributed by atoms with E-state index in [0.29, 0.717) is 23.2 Å². The first-order chi connectivity index (χ1) is 12.2. The lowest BCUT2D eigenvalue weighted by Crippen LogP contribution is -2.17. The molecule has 3 nitrogen and oxygen atoms in total. The maximum absolute atomic E-state index is 6.23. The summed E-state index contributed by atoms with van der Waals surface area (Å²) in [6.45, 7) is 1.09. The number of imidazole rings is 1. The highest BCUT2D eigenvalue weighted by molar-refractivity contribution is 6.35. The lowest BCUT2D eigenvalue weighted by Gasteiger charge is -2.16. The Kier molecular flexibility index (Phi) is 6.29. The maximum atomic E-state index is 6.23. The molecule has 0 spiro atoms. The molecular weight excluding hydrogens is 355 g/mol. The van der Waals surface area contributed by atoms with Crippen LogP contribution >= 0.6 is 23.2 Å². The van der Waals surface area contributed by atoms with Gasteiger partial charge in [0.15, 0.2) is 0 Å². The van der Waals surface area contributed by atoms with Crippen LogP contribution in [0.2, 0.25) is 10.0 Å². The van der Waals surface area contributed by atoms with Gasteiger partial charge in [-0.2, -0.15) is 0 Å². The summed E-state index contributed by atoms with van der Waals surface area (Å²) < 4.78 is 8.07. The normalized spacial score (nSPS) is 12.6. The number of rotatable bonds is 7. The number of aromatic nitrogens is 2. The number of ether oxygens (including phenoxy) is 1. The van der Waals surface area contributed by atoms with Crippen LogP contribution in [0.5, 0.6) is 0 Å². The van der Waals surface area contributed by atoms with Gasteiger partial charge in [0.05, 0.1) is 25.6 Å². The number of benzene rings is 2. The topological polar surface area (TPSA) is 27.1 Å². The van der Waals surface area contributed by atoms with E-state index in [0.717, 1.165) is 11.1 Å². The van der Waals surface area contributed by atoms with Crippen molar-refractivity contribution in [3.05, 3.63) is 94.5 Å². The SMILES string of the molecule is Clc1ccc(COC(/C=C/c2ccccc2)Cn2ccnc2)c(Cl)c1. The van der Waals surface area contributed by atoms with E-state index in [2.05, 4.69) is 29.3 Å². The molecule has 1 atom stereocenters. The van der Waals surface area contributed by atoms with Gasteiger partial charge in [0.2, 0.25) is 0 Å². The third-order valence-electron chi connectivity index (χ3n) is 3.72. The molecule has 128 valence electrons. The standard InChI is InChI=1S/C20H18Cl2N2O/c21-18-8-7-17(20(22)12-18)14-25-19(13-24-11-10-23-15-24)9-6-16-4-2-1-3-5-16/h1-12,15,19H,13-14H2/b9-6+. The minimum Gasteiger partial charge on any atom is -0.368 e. The van der Waals surface area contributed by atoms with Gasteiger partial charge in [0.1, 0.15) is 0 Å². The number of nitrogens with zero attached hydrogens (tertiary/aromatic N) is 2. The van der Waals surface area contributed by atoms with Gasteiger partial charge in [-0.25, -0.2) is 4.98 Å². The first-order valence-electron chi connectivity index (χ1n) is 7.95. The fourth-order valence-corrected chi connectivity index (χ4v) is 2.85. The monoisotopic (exact) mass is 372 g/mol. The highest BCUT2D eigenvalue weighted by atomic mass is 35.5. The molecule has 1 aromatic heterocycles. The molecule has 0 amide bonds. The average molecular weight is 373 g/mol. The van der Waals surface area contributed by atoms with Crippen LogP contribution in [-0.2, 0) is 17.9 Å².